The van der Waals surface area contributed by atoms with Gasteiger partial charge in [0, 0.05) is 15.6 Å². The number of benzene rings is 2. The van der Waals surface area contributed by atoms with Crippen molar-refractivity contribution in [2.24, 2.45) is 0 Å². The van der Waals surface area contributed by atoms with E-state index in [2.05, 4.69) is 15.9 Å². The van der Waals surface area contributed by atoms with E-state index in [0.717, 1.165) is 4.47 Å². The summed E-state index contributed by atoms with van der Waals surface area (Å²) in [4.78, 5) is 12.1. The van der Waals surface area contributed by atoms with Gasteiger partial charge in [-0.25, -0.2) is 0 Å². The Balaban J connectivity index is 2.40. The second kappa shape index (κ2) is 4.81. The van der Waals surface area contributed by atoms with E-state index < -0.39 is 0 Å². The molecule has 16 heavy (non-hydrogen) atoms. The van der Waals surface area contributed by atoms with Crippen LogP contribution in [0.3, 0.4) is 0 Å². The first-order valence-electron chi connectivity index (χ1n) is 4.73. The average molecular weight is 296 g/mol. The SMILES string of the molecule is O=C(c1ccc(Br)cc1)c1ccccc1Cl. The topological polar surface area (TPSA) is 17.1 Å². The number of halogens is 2. The van der Waals surface area contributed by atoms with E-state index >= 15 is 0 Å². The Morgan fingerprint density at radius 1 is 1.00 bits per heavy atom. The summed E-state index contributed by atoms with van der Waals surface area (Å²) in [6, 6.07) is 14.3. The molecular formula is C13H8BrClO. The van der Waals surface area contributed by atoms with Crippen LogP contribution in [0.1, 0.15) is 15.9 Å². The molecule has 0 amide bonds. The van der Waals surface area contributed by atoms with Gasteiger partial charge < -0.3 is 0 Å². The Bertz CT molecular complexity index is 520. The molecule has 0 spiro atoms. The fourth-order valence-corrected chi connectivity index (χ4v) is 1.89. The molecule has 0 aromatic heterocycles. The van der Waals surface area contributed by atoms with Gasteiger partial charge in [-0.05, 0) is 36.4 Å². The maximum atomic E-state index is 12.1. The highest BCUT2D eigenvalue weighted by Crippen LogP contribution is 2.20. The molecule has 0 aliphatic carbocycles. The zero-order valence-electron chi connectivity index (χ0n) is 8.28. The number of hydrogen-bond acceptors (Lipinski definition) is 1. The summed E-state index contributed by atoms with van der Waals surface area (Å²) in [6.07, 6.45) is 0. The second-order valence-corrected chi connectivity index (χ2v) is 4.64. The van der Waals surface area contributed by atoms with Crippen molar-refractivity contribution in [1.82, 2.24) is 0 Å². The Morgan fingerprint density at radius 2 is 1.62 bits per heavy atom. The monoisotopic (exact) mass is 294 g/mol. The van der Waals surface area contributed by atoms with Crippen LogP contribution >= 0.6 is 27.5 Å². The first kappa shape index (κ1) is 11.4. The van der Waals surface area contributed by atoms with Crippen LogP contribution in [0.2, 0.25) is 5.02 Å². The molecule has 0 fully saturated rings. The van der Waals surface area contributed by atoms with Crippen LogP contribution in [0.25, 0.3) is 0 Å². The molecule has 0 N–H and O–H groups in total. The lowest BCUT2D eigenvalue weighted by Crippen LogP contribution is -2.01. The van der Waals surface area contributed by atoms with Crippen LogP contribution < -0.4 is 0 Å². The van der Waals surface area contributed by atoms with Crippen LogP contribution in [0.15, 0.2) is 53.0 Å². The predicted octanol–water partition coefficient (Wildman–Crippen LogP) is 4.33. The summed E-state index contributed by atoms with van der Waals surface area (Å²) in [7, 11) is 0. The number of hydrogen-bond donors (Lipinski definition) is 0. The van der Waals surface area contributed by atoms with Crippen LogP contribution in [-0.2, 0) is 0 Å². The molecule has 0 radical (unpaired) electrons. The Hall–Kier alpha value is -1.12. The van der Waals surface area contributed by atoms with Gasteiger partial charge in [0.15, 0.2) is 5.78 Å². The van der Waals surface area contributed by atoms with Crippen molar-refractivity contribution in [2.75, 3.05) is 0 Å². The predicted molar refractivity (Wildman–Crippen MR) is 69.0 cm³/mol. The first-order chi connectivity index (χ1) is 7.68. The first-order valence-corrected chi connectivity index (χ1v) is 5.90. The van der Waals surface area contributed by atoms with Crippen molar-refractivity contribution in [3.8, 4) is 0 Å². The summed E-state index contributed by atoms with van der Waals surface area (Å²) in [5.41, 5.74) is 1.17. The maximum Gasteiger partial charge on any atom is 0.194 e. The molecule has 0 aliphatic rings. The van der Waals surface area contributed by atoms with Crippen molar-refractivity contribution in [3.63, 3.8) is 0 Å². The lowest BCUT2D eigenvalue weighted by atomic mass is 10.0. The number of carbonyl (C=O) groups is 1. The molecular weight excluding hydrogens is 287 g/mol. The van der Waals surface area contributed by atoms with E-state index in [-0.39, 0.29) is 5.78 Å². The molecule has 0 saturated carbocycles. The molecule has 1 nitrogen and oxygen atoms in total. The van der Waals surface area contributed by atoms with Crippen molar-refractivity contribution in [2.45, 2.75) is 0 Å². The third-order valence-electron chi connectivity index (χ3n) is 2.22. The smallest absolute Gasteiger partial charge is 0.194 e. The van der Waals surface area contributed by atoms with Gasteiger partial charge in [0.2, 0.25) is 0 Å². The maximum absolute atomic E-state index is 12.1. The fraction of sp³-hybridized carbons (Fsp3) is 0. The Labute approximate surface area is 107 Å². The third-order valence-corrected chi connectivity index (χ3v) is 3.08. The lowest BCUT2D eigenvalue weighted by molar-refractivity contribution is 0.103. The molecule has 3 heteroatoms. The van der Waals surface area contributed by atoms with E-state index in [1.54, 1.807) is 36.4 Å². The second-order valence-electron chi connectivity index (χ2n) is 3.32. The van der Waals surface area contributed by atoms with Gasteiger partial charge in [-0.1, -0.05) is 39.7 Å². The van der Waals surface area contributed by atoms with Crippen molar-refractivity contribution in [1.29, 1.82) is 0 Å². The van der Waals surface area contributed by atoms with Crippen molar-refractivity contribution >= 4 is 33.3 Å². The zero-order valence-corrected chi connectivity index (χ0v) is 10.6. The van der Waals surface area contributed by atoms with Gasteiger partial charge in [-0.3, -0.25) is 4.79 Å². The largest absolute Gasteiger partial charge is 0.289 e. The van der Waals surface area contributed by atoms with E-state index in [1.807, 2.05) is 12.1 Å². The van der Waals surface area contributed by atoms with Crippen LogP contribution in [-0.4, -0.2) is 5.78 Å². The number of carbonyl (C=O) groups excluding carboxylic acids is 1. The third kappa shape index (κ3) is 2.34. The highest BCUT2D eigenvalue weighted by molar-refractivity contribution is 9.10. The zero-order chi connectivity index (χ0) is 11.5. The summed E-state index contributed by atoms with van der Waals surface area (Å²) < 4.78 is 0.947. The van der Waals surface area contributed by atoms with E-state index in [4.69, 9.17) is 11.6 Å². The Morgan fingerprint density at radius 3 is 2.25 bits per heavy atom. The number of ketones is 1. The minimum Gasteiger partial charge on any atom is -0.289 e. The Kier molecular flexibility index (Phi) is 3.42. The summed E-state index contributed by atoms with van der Waals surface area (Å²) in [5, 5.41) is 0.482. The highest BCUT2D eigenvalue weighted by Gasteiger charge is 2.11. The van der Waals surface area contributed by atoms with E-state index in [0.29, 0.717) is 16.1 Å². The van der Waals surface area contributed by atoms with Crippen LogP contribution in [0.4, 0.5) is 0 Å². The summed E-state index contributed by atoms with van der Waals surface area (Å²) in [6.45, 7) is 0. The van der Waals surface area contributed by atoms with Crippen molar-refractivity contribution < 1.29 is 4.79 Å². The molecule has 0 aliphatic heterocycles. The van der Waals surface area contributed by atoms with Crippen LogP contribution in [0, 0.1) is 0 Å². The lowest BCUT2D eigenvalue weighted by Gasteiger charge is -2.03. The molecule has 2 rings (SSSR count). The number of rotatable bonds is 2. The molecule has 0 bridgehead atoms. The molecule has 0 saturated heterocycles. The van der Waals surface area contributed by atoms with Crippen LogP contribution in [0.5, 0.6) is 0 Å². The van der Waals surface area contributed by atoms with E-state index in [9.17, 15) is 4.79 Å². The normalized spacial score (nSPS) is 10.1. The van der Waals surface area contributed by atoms with Gasteiger partial charge in [0.25, 0.3) is 0 Å². The van der Waals surface area contributed by atoms with Gasteiger partial charge in [-0.15, -0.1) is 0 Å². The average Bonchev–Trinajstić information content (AvgIpc) is 2.30. The standard InChI is InChI=1S/C13H8BrClO/c14-10-7-5-9(6-8-10)13(16)11-3-1-2-4-12(11)15/h1-8H. The fourth-order valence-electron chi connectivity index (χ4n) is 1.40. The molecule has 2 aromatic rings. The molecule has 2 aromatic carbocycles. The van der Waals surface area contributed by atoms with Gasteiger partial charge >= 0.3 is 0 Å². The van der Waals surface area contributed by atoms with Gasteiger partial charge in [0.05, 0.1) is 5.02 Å². The minimum atomic E-state index is -0.0573. The summed E-state index contributed by atoms with van der Waals surface area (Å²) in [5.74, 6) is -0.0573. The highest BCUT2D eigenvalue weighted by atomic mass is 79.9. The summed E-state index contributed by atoms with van der Waals surface area (Å²) >= 11 is 9.30. The van der Waals surface area contributed by atoms with Gasteiger partial charge in [0.1, 0.15) is 0 Å². The molecule has 0 unspecified atom stereocenters. The van der Waals surface area contributed by atoms with Crippen molar-refractivity contribution in [3.05, 3.63) is 69.2 Å². The minimum absolute atomic E-state index is 0.0573. The van der Waals surface area contributed by atoms with Gasteiger partial charge in [-0.2, -0.15) is 0 Å². The quantitative estimate of drug-likeness (QED) is 0.754. The molecule has 80 valence electrons. The van der Waals surface area contributed by atoms with E-state index in [1.165, 1.54) is 0 Å². The molecule has 0 atom stereocenters. The molecule has 0 heterocycles.